The van der Waals surface area contributed by atoms with E-state index in [0.29, 0.717) is 6.54 Å². The van der Waals surface area contributed by atoms with E-state index < -0.39 is 6.04 Å². The Morgan fingerprint density at radius 1 is 1.30 bits per heavy atom. The molecule has 1 aliphatic heterocycles. The Bertz CT molecular complexity index is 703. The van der Waals surface area contributed by atoms with Crippen molar-refractivity contribution in [3.63, 3.8) is 0 Å². The SMILES string of the molecule is CCc1ccc(CN2CCn3c(C)nnc3C2C(=O)N(C)C)o1. The summed E-state index contributed by atoms with van der Waals surface area (Å²) in [6, 6.07) is 3.56. The van der Waals surface area contributed by atoms with E-state index >= 15 is 0 Å². The van der Waals surface area contributed by atoms with Gasteiger partial charge in [-0.25, -0.2) is 0 Å². The molecular weight excluding hydrogens is 294 g/mol. The summed E-state index contributed by atoms with van der Waals surface area (Å²) in [4.78, 5) is 16.4. The Morgan fingerprint density at radius 2 is 2.04 bits per heavy atom. The van der Waals surface area contributed by atoms with Gasteiger partial charge in [0.15, 0.2) is 11.9 Å². The molecule has 0 aliphatic carbocycles. The van der Waals surface area contributed by atoms with E-state index in [2.05, 4.69) is 22.0 Å². The van der Waals surface area contributed by atoms with Crippen LogP contribution in [0.5, 0.6) is 0 Å². The van der Waals surface area contributed by atoms with E-state index in [1.165, 1.54) is 0 Å². The van der Waals surface area contributed by atoms with Gasteiger partial charge in [0.2, 0.25) is 5.91 Å². The average Bonchev–Trinajstić information content (AvgIpc) is 3.13. The molecule has 0 aromatic carbocycles. The molecule has 1 unspecified atom stereocenters. The van der Waals surface area contributed by atoms with E-state index in [1.807, 2.05) is 23.6 Å². The summed E-state index contributed by atoms with van der Waals surface area (Å²) >= 11 is 0. The number of rotatable bonds is 4. The number of fused-ring (bicyclic) bond motifs is 1. The van der Waals surface area contributed by atoms with Crippen LogP contribution in [0.2, 0.25) is 0 Å². The van der Waals surface area contributed by atoms with Crippen LogP contribution in [0.4, 0.5) is 0 Å². The Labute approximate surface area is 135 Å². The van der Waals surface area contributed by atoms with Crippen LogP contribution in [-0.4, -0.2) is 51.1 Å². The second kappa shape index (κ2) is 6.16. The van der Waals surface area contributed by atoms with Crippen LogP contribution in [0, 0.1) is 6.92 Å². The van der Waals surface area contributed by atoms with Crippen molar-refractivity contribution in [3.05, 3.63) is 35.3 Å². The summed E-state index contributed by atoms with van der Waals surface area (Å²) in [6.07, 6.45) is 0.869. The number of hydrogen-bond donors (Lipinski definition) is 0. The van der Waals surface area contributed by atoms with Gasteiger partial charge in [-0.3, -0.25) is 9.69 Å². The van der Waals surface area contributed by atoms with Gasteiger partial charge in [-0.2, -0.15) is 0 Å². The zero-order chi connectivity index (χ0) is 16.6. The van der Waals surface area contributed by atoms with Gasteiger partial charge in [0.1, 0.15) is 17.3 Å². The lowest BCUT2D eigenvalue weighted by Crippen LogP contribution is -2.45. The van der Waals surface area contributed by atoms with Gasteiger partial charge in [0.05, 0.1) is 6.54 Å². The minimum atomic E-state index is -0.421. The summed E-state index contributed by atoms with van der Waals surface area (Å²) in [5.74, 6) is 3.42. The first-order valence-corrected chi connectivity index (χ1v) is 7.93. The molecule has 1 amide bonds. The first-order valence-electron chi connectivity index (χ1n) is 7.93. The van der Waals surface area contributed by atoms with Crippen LogP contribution in [0.1, 0.15) is 36.1 Å². The van der Waals surface area contributed by atoms with Crippen molar-refractivity contribution >= 4 is 5.91 Å². The molecule has 23 heavy (non-hydrogen) atoms. The van der Waals surface area contributed by atoms with Crippen LogP contribution in [-0.2, 0) is 24.3 Å². The third-order valence-electron chi connectivity index (χ3n) is 4.28. The maximum absolute atomic E-state index is 12.7. The third-order valence-corrected chi connectivity index (χ3v) is 4.28. The van der Waals surface area contributed by atoms with Crippen LogP contribution in [0.3, 0.4) is 0 Å². The molecule has 0 spiro atoms. The standard InChI is InChI=1S/C16H23N5O2/c1-5-12-6-7-13(23-12)10-20-8-9-21-11(2)17-18-15(21)14(20)16(22)19(3)4/h6-7,14H,5,8-10H2,1-4H3. The number of aryl methyl sites for hydroxylation is 2. The second-order valence-electron chi connectivity index (χ2n) is 6.08. The summed E-state index contributed by atoms with van der Waals surface area (Å²) in [5.41, 5.74) is 0. The molecule has 7 heteroatoms. The highest BCUT2D eigenvalue weighted by molar-refractivity contribution is 5.82. The van der Waals surface area contributed by atoms with Crippen molar-refractivity contribution in [2.45, 2.75) is 39.4 Å². The molecule has 0 bridgehead atoms. The molecule has 1 aliphatic rings. The lowest BCUT2D eigenvalue weighted by molar-refractivity contribution is -0.136. The highest BCUT2D eigenvalue weighted by Gasteiger charge is 2.37. The van der Waals surface area contributed by atoms with E-state index in [1.54, 1.807) is 19.0 Å². The van der Waals surface area contributed by atoms with Crippen molar-refractivity contribution in [2.75, 3.05) is 20.6 Å². The van der Waals surface area contributed by atoms with Crippen molar-refractivity contribution < 1.29 is 9.21 Å². The monoisotopic (exact) mass is 317 g/mol. The topological polar surface area (TPSA) is 67.4 Å². The fourth-order valence-corrected chi connectivity index (χ4v) is 2.98. The Morgan fingerprint density at radius 3 is 2.70 bits per heavy atom. The highest BCUT2D eigenvalue weighted by Crippen LogP contribution is 2.28. The largest absolute Gasteiger partial charge is 0.465 e. The average molecular weight is 317 g/mol. The first-order chi connectivity index (χ1) is 11.0. The van der Waals surface area contributed by atoms with Crippen LogP contribution in [0.25, 0.3) is 0 Å². The smallest absolute Gasteiger partial charge is 0.247 e. The lowest BCUT2D eigenvalue weighted by atomic mass is 10.1. The normalized spacial score (nSPS) is 18.0. The predicted octanol–water partition coefficient (Wildman–Crippen LogP) is 1.39. The summed E-state index contributed by atoms with van der Waals surface area (Å²) in [6.45, 7) is 6.12. The van der Waals surface area contributed by atoms with Gasteiger partial charge in [0.25, 0.3) is 0 Å². The highest BCUT2D eigenvalue weighted by atomic mass is 16.3. The van der Waals surface area contributed by atoms with Crippen molar-refractivity contribution in [3.8, 4) is 0 Å². The molecule has 1 atom stereocenters. The lowest BCUT2D eigenvalue weighted by Gasteiger charge is -2.35. The number of likely N-dealkylation sites (N-methyl/N-ethyl adjacent to an activating group) is 1. The van der Waals surface area contributed by atoms with E-state index in [4.69, 9.17) is 4.42 Å². The van der Waals surface area contributed by atoms with Crippen molar-refractivity contribution in [1.29, 1.82) is 0 Å². The quantitative estimate of drug-likeness (QED) is 0.852. The number of aromatic nitrogens is 3. The summed E-state index contributed by atoms with van der Waals surface area (Å²) in [5, 5.41) is 8.39. The third kappa shape index (κ3) is 2.88. The zero-order valence-electron chi connectivity index (χ0n) is 14.1. The van der Waals surface area contributed by atoms with Gasteiger partial charge >= 0.3 is 0 Å². The number of furan rings is 1. The van der Waals surface area contributed by atoms with Crippen molar-refractivity contribution in [2.24, 2.45) is 0 Å². The maximum atomic E-state index is 12.7. The molecule has 2 aromatic rings. The Kier molecular flexibility index (Phi) is 4.21. The van der Waals surface area contributed by atoms with E-state index in [0.717, 1.165) is 42.7 Å². The van der Waals surface area contributed by atoms with Gasteiger partial charge in [-0.15, -0.1) is 10.2 Å². The molecule has 0 fully saturated rings. The molecule has 0 radical (unpaired) electrons. The molecule has 0 N–H and O–H groups in total. The summed E-state index contributed by atoms with van der Waals surface area (Å²) in [7, 11) is 3.54. The minimum Gasteiger partial charge on any atom is -0.465 e. The Hall–Kier alpha value is -2.15. The number of hydrogen-bond acceptors (Lipinski definition) is 5. The first kappa shape index (κ1) is 15.7. The van der Waals surface area contributed by atoms with Gasteiger partial charge in [0, 0.05) is 33.6 Å². The molecular formula is C16H23N5O2. The summed E-state index contributed by atoms with van der Waals surface area (Å²) < 4.78 is 7.84. The van der Waals surface area contributed by atoms with Crippen LogP contribution >= 0.6 is 0 Å². The minimum absolute atomic E-state index is 0.0145. The Balaban J connectivity index is 1.90. The van der Waals surface area contributed by atoms with Gasteiger partial charge in [-0.1, -0.05) is 6.92 Å². The van der Waals surface area contributed by atoms with Gasteiger partial charge in [-0.05, 0) is 19.1 Å². The fourth-order valence-electron chi connectivity index (χ4n) is 2.98. The second-order valence-corrected chi connectivity index (χ2v) is 6.08. The maximum Gasteiger partial charge on any atom is 0.247 e. The van der Waals surface area contributed by atoms with E-state index in [-0.39, 0.29) is 5.91 Å². The number of nitrogens with zero attached hydrogens (tertiary/aromatic N) is 5. The number of amides is 1. The molecule has 7 nitrogen and oxygen atoms in total. The van der Waals surface area contributed by atoms with Crippen LogP contribution < -0.4 is 0 Å². The number of carbonyl (C=O) groups excluding carboxylic acids is 1. The zero-order valence-corrected chi connectivity index (χ0v) is 14.1. The molecule has 2 aromatic heterocycles. The number of carbonyl (C=O) groups is 1. The molecule has 3 heterocycles. The molecule has 124 valence electrons. The van der Waals surface area contributed by atoms with Crippen LogP contribution in [0.15, 0.2) is 16.5 Å². The fraction of sp³-hybridized carbons (Fsp3) is 0.562. The molecule has 3 rings (SSSR count). The molecule has 0 saturated carbocycles. The van der Waals surface area contributed by atoms with Crippen molar-refractivity contribution in [1.82, 2.24) is 24.6 Å². The van der Waals surface area contributed by atoms with E-state index in [9.17, 15) is 4.79 Å². The molecule has 0 saturated heterocycles. The predicted molar refractivity (Wildman–Crippen MR) is 84.7 cm³/mol. The van der Waals surface area contributed by atoms with Gasteiger partial charge < -0.3 is 13.9 Å².